The highest BCUT2D eigenvalue weighted by Crippen LogP contribution is 2.23. The maximum absolute atomic E-state index is 11.8. The third-order valence-electron chi connectivity index (χ3n) is 2.89. The van der Waals surface area contributed by atoms with Crippen LogP contribution >= 0.6 is 0 Å². The molecule has 1 fully saturated rings. The molecule has 1 aromatic rings. The third kappa shape index (κ3) is 3.25. The zero-order valence-electron chi connectivity index (χ0n) is 12.3. The molecular formula is C15H15NO6. The minimum atomic E-state index is -1.32. The highest BCUT2D eigenvalue weighted by atomic mass is 16.7. The van der Waals surface area contributed by atoms with Crippen LogP contribution in [-0.4, -0.2) is 28.8 Å². The first kappa shape index (κ1) is 15.6. The van der Waals surface area contributed by atoms with E-state index in [0.717, 1.165) is 11.8 Å². The molecule has 0 aliphatic carbocycles. The second-order valence-electron chi connectivity index (χ2n) is 5.24. The molecule has 1 aromatic carbocycles. The summed E-state index contributed by atoms with van der Waals surface area (Å²) in [5.41, 5.74) is 0.704. The number of carbonyl (C=O) groups excluding carboxylic acids is 2. The average Bonchev–Trinajstić information content (AvgIpc) is 2.37. The Morgan fingerprint density at radius 1 is 1.23 bits per heavy atom. The van der Waals surface area contributed by atoms with Gasteiger partial charge in [0, 0.05) is 20.0 Å². The van der Waals surface area contributed by atoms with Crippen LogP contribution in [0.1, 0.15) is 29.8 Å². The van der Waals surface area contributed by atoms with Crippen molar-refractivity contribution in [2.24, 2.45) is 0 Å². The first-order valence-corrected chi connectivity index (χ1v) is 6.47. The van der Waals surface area contributed by atoms with Gasteiger partial charge in [-0.25, -0.2) is 14.4 Å². The van der Waals surface area contributed by atoms with Gasteiger partial charge in [0.15, 0.2) is 5.57 Å². The lowest BCUT2D eigenvalue weighted by Crippen LogP contribution is -2.42. The highest BCUT2D eigenvalue weighted by Gasteiger charge is 2.38. The van der Waals surface area contributed by atoms with Gasteiger partial charge in [-0.3, -0.25) is 0 Å². The molecule has 1 aliphatic heterocycles. The molecule has 1 saturated heterocycles. The smallest absolute Gasteiger partial charge is 0.350 e. The van der Waals surface area contributed by atoms with Crippen LogP contribution in [0.25, 0.3) is 0 Å². The second-order valence-corrected chi connectivity index (χ2v) is 5.24. The molecule has 7 nitrogen and oxygen atoms in total. The van der Waals surface area contributed by atoms with Crippen molar-refractivity contribution >= 4 is 23.6 Å². The number of carbonyl (C=O) groups is 3. The third-order valence-corrected chi connectivity index (χ3v) is 2.89. The molecule has 22 heavy (non-hydrogen) atoms. The summed E-state index contributed by atoms with van der Waals surface area (Å²) in [4.78, 5) is 34.7. The van der Waals surface area contributed by atoms with E-state index in [0.29, 0.717) is 0 Å². The molecule has 1 aliphatic rings. The number of benzene rings is 1. The fourth-order valence-corrected chi connectivity index (χ4v) is 1.89. The van der Waals surface area contributed by atoms with Gasteiger partial charge in [0.1, 0.15) is 0 Å². The molecule has 0 unspecified atom stereocenters. The Kier molecular flexibility index (Phi) is 3.90. The lowest BCUT2D eigenvalue weighted by atomic mass is 10.1. The van der Waals surface area contributed by atoms with Gasteiger partial charge < -0.3 is 19.9 Å². The van der Waals surface area contributed by atoms with Crippen molar-refractivity contribution < 1.29 is 29.0 Å². The number of hydrogen-bond donors (Lipinski definition) is 2. The number of nitrogens with one attached hydrogen (secondary N) is 1. The predicted molar refractivity (Wildman–Crippen MR) is 76.1 cm³/mol. The number of aromatic carboxylic acids is 1. The molecule has 0 bridgehead atoms. The Morgan fingerprint density at radius 2 is 1.82 bits per heavy atom. The summed E-state index contributed by atoms with van der Waals surface area (Å²) < 4.78 is 9.87. The van der Waals surface area contributed by atoms with E-state index >= 15 is 0 Å². The number of carboxylic acid groups (broad SMARTS) is 1. The highest BCUT2D eigenvalue weighted by molar-refractivity contribution is 6.15. The van der Waals surface area contributed by atoms with Gasteiger partial charge in [0.2, 0.25) is 0 Å². The molecule has 0 saturated carbocycles. The number of carboxylic acids is 1. The largest absolute Gasteiger partial charge is 0.478 e. The second kappa shape index (κ2) is 5.51. The topological polar surface area (TPSA) is 102 Å². The van der Waals surface area contributed by atoms with Crippen LogP contribution in [0.2, 0.25) is 0 Å². The first-order valence-electron chi connectivity index (χ1n) is 6.47. The predicted octanol–water partition coefficient (Wildman–Crippen LogP) is 1.83. The number of anilines is 1. The zero-order valence-corrected chi connectivity index (χ0v) is 12.3. The van der Waals surface area contributed by atoms with Gasteiger partial charge in [0.05, 0.1) is 11.3 Å². The lowest BCUT2D eigenvalue weighted by Gasteiger charge is -2.29. The van der Waals surface area contributed by atoms with E-state index in [9.17, 15) is 14.4 Å². The van der Waals surface area contributed by atoms with Crippen molar-refractivity contribution in [2.45, 2.75) is 26.6 Å². The summed E-state index contributed by atoms with van der Waals surface area (Å²) >= 11 is 0. The monoisotopic (exact) mass is 305 g/mol. The van der Waals surface area contributed by atoms with Gasteiger partial charge in [-0.05, 0) is 19.1 Å². The van der Waals surface area contributed by atoms with Gasteiger partial charge in [0.25, 0.3) is 5.79 Å². The Hall–Kier alpha value is -2.83. The molecule has 0 atom stereocenters. The molecule has 0 spiro atoms. The molecule has 2 N–H and O–H groups in total. The van der Waals surface area contributed by atoms with E-state index in [1.165, 1.54) is 19.9 Å². The summed E-state index contributed by atoms with van der Waals surface area (Å²) in [6.45, 7) is 4.64. The summed E-state index contributed by atoms with van der Waals surface area (Å²) in [5.74, 6) is -4.11. The van der Waals surface area contributed by atoms with E-state index in [2.05, 4.69) is 5.32 Å². The van der Waals surface area contributed by atoms with E-state index in [1.807, 2.05) is 0 Å². The summed E-state index contributed by atoms with van der Waals surface area (Å²) in [5, 5.41) is 11.8. The van der Waals surface area contributed by atoms with Gasteiger partial charge in [-0.15, -0.1) is 0 Å². The normalized spacial score (nSPS) is 16.6. The molecule has 0 radical (unpaired) electrons. The Labute approximate surface area is 126 Å². The minimum Gasteiger partial charge on any atom is -0.478 e. The van der Waals surface area contributed by atoms with Crippen LogP contribution in [0.4, 0.5) is 5.69 Å². The fourth-order valence-electron chi connectivity index (χ4n) is 1.89. The number of aryl methyl sites for hydroxylation is 1. The Bertz CT molecular complexity index is 667. The Balaban J connectivity index is 2.27. The maximum atomic E-state index is 11.8. The maximum Gasteiger partial charge on any atom is 0.350 e. The molecule has 0 aromatic heterocycles. The molecule has 2 rings (SSSR count). The first-order chi connectivity index (χ1) is 10.2. The van der Waals surface area contributed by atoms with Gasteiger partial charge >= 0.3 is 17.9 Å². The number of cyclic esters (lactones) is 2. The zero-order chi connectivity index (χ0) is 16.5. The number of rotatable bonds is 3. The molecule has 116 valence electrons. The van der Waals surface area contributed by atoms with Crippen molar-refractivity contribution in [3.63, 3.8) is 0 Å². The van der Waals surface area contributed by atoms with Crippen molar-refractivity contribution in [3.8, 4) is 0 Å². The molecule has 7 heteroatoms. The van der Waals surface area contributed by atoms with E-state index in [-0.39, 0.29) is 16.8 Å². The number of hydrogen-bond acceptors (Lipinski definition) is 6. The molecule has 0 amide bonds. The van der Waals surface area contributed by atoms with Crippen molar-refractivity contribution in [1.82, 2.24) is 0 Å². The molecular weight excluding hydrogens is 290 g/mol. The summed E-state index contributed by atoms with van der Waals surface area (Å²) in [6.07, 6.45) is 1.08. The summed E-state index contributed by atoms with van der Waals surface area (Å²) in [6, 6.07) is 4.72. The number of ether oxygens (including phenoxy) is 2. The lowest BCUT2D eigenvalue weighted by molar-refractivity contribution is -0.222. The fraction of sp³-hybridized carbons (Fsp3) is 0.267. The standard InChI is InChI=1S/C15H15NO6/c1-8-4-5-11(9(6-8)12(17)18)16-7-10-13(19)21-15(2,3)22-14(10)20/h4-7,16H,1-3H3,(H,17,18). The van der Waals surface area contributed by atoms with Crippen LogP contribution in [0.15, 0.2) is 30.0 Å². The van der Waals surface area contributed by atoms with E-state index < -0.39 is 23.7 Å². The quantitative estimate of drug-likeness (QED) is 0.499. The van der Waals surface area contributed by atoms with Crippen molar-refractivity contribution in [1.29, 1.82) is 0 Å². The van der Waals surface area contributed by atoms with Gasteiger partial charge in [-0.1, -0.05) is 11.6 Å². The number of esters is 2. The van der Waals surface area contributed by atoms with Crippen LogP contribution < -0.4 is 5.32 Å². The van der Waals surface area contributed by atoms with E-state index in [4.69, 9.17) is 14.6 Å². The van der Waals surface area contributed by atoms with Gasteiger partial charge in [-0.2, -0.15) is 0 Å². The van der Waals surface area contributed by atoms with Crippen LogP contribution in [0.5, 0.6) is 0 Å². The van der Waals surface area contributed by atoms with Crippen molar-refractivity contribution in [3.05, 3.63) is 41.1 Å². The van der Waals surface area contributed by atoms with E-state index in [1.54, 1.807) is 19.1 Å². The summed E-state index contributed by atoms with van der Waals surface area (Å²) in [7, 11) is 0. The Morgan fingerprint density at radius 3 is 2.36 bits per heavy atom. The van der Waals surface area contributed by atoms with Crippen LogP contribution in [0.3, 0.4) is 0 Å². The van der Waals surface area contributed by atoms with Crippen LogP contribution in [0, 0.1) is 6.92 Å². The van der Waals surface area contributed by atoms with Crippen molar-refractivity contribution in [2.75, 3.05) is 5.32 Å². The van der Waals surface area contributed by atoms with Crippen LogP contribution in [-0.2, 0) is 19.1 Å². The molecule has 1 heterocycles. The minimum absolute atomic E-state index is 0.0229. The average molecular weight is 305 g/mol. The SMILES string of the molecule is Cc1ccc(NC=C2C(=O)OC(C)(C)OC2=O)c(C(=O)O)c1.